The van der Waals surface area contributed by atoms with Gasteiger partial charge in [0.15, 0.2) is 0 Å². The Balaban J connectivity index is 0.00000169. The summed E-state index contributed by atoms with van der Waals surface area (Å²) in [4.78, 5) is 10.1. The normalized spacial score (nSPS) is 10.6. The zero-order valence-electron chi connectivity index (χ0n) is 7.15. The van der Waals surface area contributed by atoms with Gasteiger partial charge in [0.05, 0.1) is 6.29 Å². The predicted octanol–water partition coefficient (Wildman–Crippen LogP) is -0.179. The zero-order valence-corrected chi connectivity index (χ0v) is 11.0. The second kappa shape index (κ2) is 5.63. The Bertz CT molecular complexity index is 338. The van der Waals surface area contributed by atoms with Crippen LogP contribution in [0.2, 0.25) is 5.02 Å². The SMILES string of the molecule is O=[C-]c1ccc(C(F)(F)F)c(Cl)c1.[K+]. The maximum absolute atomic E-state index is 12.1. The molecule has 0 spiro atoms. The van der Waals surface area contributed by atoms with Crippen molar-refractivity contribution < 1.29 is 69.4 Å². The summed E-state index contributed by atoms with van der Waals surface area (Å²) in [5.74, 6) is 0. The Kier molecular flexibility index (Phi) is 5.87. The van der Waals surface area contributed by atoms with E-state index in [0.29, 0.717) is 0 Å². The Morgan fingerprint density at radius 1 is 1.29 bits per heavy atom. The van der Waals surface area contributed by atoms with Gasteiger partial charge in [-0.1, -0.05) is 11.6 Å². The summed E-state index contributed by atoms with van der Waals surface area (Å²) in [5.41, 5.74) is -0.953. The number of hydrogen-bond donors (Lipinski definition) is 0. The van der Waals surface area contributed by atoms with Gasteiger partial charge in [-0.3, -0.25) is 0 Å². The fourth-order valence-electron chi connectivity index (χ4n) is 0.808. The van der Waals surface area contributed by atoms with E-state index in [-0.39, 0.29) is 56.9 Å². The minimum Gasteiger partial charge on any atom is -0.376 e. The van der Waals surface area contributed by atoms with Gasteiger partial charge in [-0.25, -0.2) is 0 Å². The Hall–Kier alpha value is 0.606. The maximum atomic E-state index is 12.1. The van der Waals surface area contributed by atoms with Gasteiger partial charge in [0.1, 0.15) is 0 Å². The van der Waals surface area contributed by atoms with Crippen molar-refractivity contribution in [3.05, 3.63) is 34.3 Å². The van der Waals surface area contributed by atoms with Gasteiger partial charge in [-0.2, -0.15) is 19.2 Å². The average Bonchev–Trinajstić information content (AvgIpc) is 2.01. The minimum atomic E-state index is -4.49. The molecule has 0 aliphatic carbocycles. The van der Waals surface area contributed by atoms with Crippen molar-refractivity contribution in [2.45, 2.75) is 6.18 Å². The van der Waals surface area contributed by atoms with E-state index in [9.17, 15) is 18.0 Å². The molecule has 1 aromatic rings. The first-order valence-electron chi connectivity index (χ1n) is 3.20. The van der Waals surface area contributed by atoms with Crippen LogP contribution in [0.1, 0.15) is 11.1 Å². The zero-order chi connectivity index (χ0) is 10.1. The van der Waals surface area contributed by atoms with Gasteiger partial charge in [0.25, 0.3) is 0 Å². The molecule has 70 valence electrons. The largest absolute Gasteiger partial charge is 1.00 e. The van der Waals surface area contributed by atoms with Gasteiger partial charge in [0.2, 0.25) is 0 Å². The second-order valence-electron chi connectivity index (χ2n) is 2.29. The molecule has 0 atom stereocenters. The number of carbonyl (C=O) groups excluding carboxylic acids is 1. The van der Waals surface area contributed by atoms with Gasteiger partial charge in [0, 0.05) is 5.56 Å². The van der Waals surface area contributed by atoms with E-state index in [0.717, 1.165) is 18.2 Å². The van der Waals surface area contributed by atoms with Crippen molar-refractivity contribution in [3.8, 4) is 0 Å². The maximum Gasteiger partial charge on any atom is 1.00 e. The second-order valence-corrected chi connectivity index (χ2v) is 2.70. The first-order valence-corrected chi connectivity index (χ1v) is 3.58. The van der Waals surface area contributed by atoms with Crippen LogP contribution in [0.4, 0.5) is 13.2 Å². The number of rotatable bonds is 1. The van der Waals surface area contributed by atoms with Gasteiger partial charge >= 0.3 is 57.6 Å². The summed E-state index contributed by atoms with van der Waals surface area (Å²) in [7, 11) is 0. The van der Waals surface area contributed by atoms with E-state index in [1.54, 1.807) is 0 Å². The summed E-state index contributed by atoms with van der Waals surface area (Å²) in [6.07, 6.45) is -3.04. The van der Waals surface area contributed by atoms with Crippen LogP contribution in [0.3, 0.4) is 0 Å². The third-order valence-electron chi connectivity index (χ3n) is 1.39. The summed E-state index contributed by atoms with van der Waals surface area (Å²) >= 11 is 5.29. The van der Waals surface area contributed by atoms with E-state index in [4.69, 9.17) is 11.6 Å². The topological polar surface area (TPSA) is 17.1 Å². The predicted molar refractivity (Wildman–Crippen MR) is 41.2 cm³/mol. The van der Waals surface area contributed by atoms with E-state index in [2.05, 4.69) is 0 Å². The molecule has 0 heterocycles. The van der Waals surface area contributed by atoms with Crippen LogP contribution in [-0.4, -0.2) is 6.29 Å². The molecule has 0 saturated carbocycles. The third-order valence-corrected chi connectivity index (χ3v) is 1.71. The molecule has 0 aliphatic heterocycles. The smallest absolute Gasteiger partial charge is 0.376 e. The molecule has 0 aliphatic rings. The summed E-state index contributed by atoms with van der Waals surface area (Å²) in [6.45, 7) is 0. The molecule has 0 saturated heterocycles. The molecule has 0 bridgehead atoms. The molecule has 0 radical (unpaired) electrons. The quantitative estimate of drug-likeness (QED) is 0.496. The fraction of sp³-hybridized carbons (Fsp3) is 0.125. The number of alkyl halides is 3. The monoisotopic (exact) mass is 246 g/mol. The first-order chi connectivity index (χ1) is 5.95. The van der Waals surface area contributed by atoms with Gasteiger partial charge < -0.3 is 4.79 Å². The molecule has 1 aromatic carbocycles. The van der Waals surface area contributed by atoms with Crippen molar-refractivity contribution in [2.75, 3.05) is 0 Å². The van der Waals surface area contributed by atoms with Gasteiger partial charge in [-0.15, -0.1) is 17.7 Å². The van der Waals surface area contributed by atoms with Crippen LogP contribution < -0.4 is 51.4 Å². The van der Waals surface area contributed by atoms with Crippen LogP contribution in [-0.2, 0) is 11.0 Å². The molecule has 14 heavy (non-hydrogen) atoms. The summed E-state index contributed by atoms with van der Waals surface area (Å²) in [5, 5.41) is -0.492. The van der Waals surface area contributed by atoms with Crippen molar-refractivity contribution in [1.82, 2.24) is 0 Å². The van der Waals surface area contributed by atoms with Crippen LogP contribution in [0.15, 0.2) is 18.2 Å². The van der Waals surface area contributed by atoms with Gasteiger partial charge in [-0.05, 0) is 5.02 Å². The Morgan fingerprint density at radius 3 is 2.21 bits per heavy atom. The molecule has 0 aromatic heterocycles. The van der Waals surface area contributed by atoms with E-state index < -0.39 is 16.8 Å². The van der Waals surface area contributed by atoms with Crippen LogP contribution in [0, 0.1) is 0 Å². The molecule has 0 N–H and O–H groups in total. The number of benzene rings is 1. The molecular formula is C8H3ClF3KO. The van der Waals surface area contributed by atoms with E-state index in [1.807, 2.05) is 0 Å². The fourth-order valence-corrected chi connectivity index (χ4v) is 1.10. The molecule has 1 rings (SSSR count). The molecule has 0 unspecified atom stereocenters. The standard InChI is InChI=1S/C8H3ClF3O.K/c9-7-3-5(4-13)1-2-6(7)8(10,11)12;/h1-3H;/q-1;+1. The van der Waals surface area contributed by atoms with Crippen LogP contribution in [0.5, 0.6) is 0 Å². The minimum absolute atomic E-state index is 0. The van der Waals surface area contributed by atoms with Crippen LogP contribution >= 0.6 is 11.6 Å². The van der Waals surface area contributed by atoms with Crippen LogP contribution in [0.25, 0.3) is 0 Å². The molecular weight excluding hydrogens is 244 g/mol. The molecule has 0 fully saturated rings. The van der Waals surface area contributed by atoms with E-state index >= 15 is 0 Å². The average molecular weight is 247 g/mol. The number of halogens is 4. The molecule has 1 nitrogen and oxygen atoms in total. The molecule has 6 heteroatoms. The number of hydrogen-bond acceptors (Lipinski definition) is 1. The molecule has 0 amide bonds. The summed E-state index contributed by atoms with van der Waals surface area (Å²) in [6, 6.07) is 2.70. The Morgan fingerprint density at radius 2 is 1.86 bits per heavy atom. The van der Waals surface area contributed by atoms with E-state index in [1.165, 1.54) is 6.29 Å². The Labute approximate surface area is 126 Å². The first kappa shape index (κ1) is 14.6. The van der Waals surface area contributed by atoms with Crippen molar-refractivity contribution >= 4 is 17.9 Å². The van der Waals surface area contributed by atoms with Crippen molar-refractivity contribution in [3.63, 3.8) is 0 Å². The van der Waals surface area contributed by atoms with Crippen molar-refractivity contribution in [1.29, 1.82) is 0 Å². The summed E-state index contributed by atoms with van der Waals surface area (Å²) < 4.78 is 36.3. The van der Waals surface area contributed by atoms with Crippen molar-refractivity contribution in [2.24, 2.45) is 0 Å². The third kappa shape index (κ3) is 3.64.